The van der Waals surface area contributed by atoms with E-state index in [4.69, 9.17) is 10.7 Å². The Labute approximate surface area is 175 Å². The van der Waals surface area contributed by atoms with Crippen molar-refractivity contribution in [1.29, 1.82) is 0 Å². The first-order valence-electron chi connectivity index (χ1n) is 9.58. The number of rotatable bonds is 3. The summed E-state index contributed by atoms with van der Waals surface area (Å²) in [5.74, 6) is 0.599. The topological polar surface area (TPSA) is 135 Å². The van der Waals surface area contributed by atoms with E-state index in [-0.39, 0.29) is 0 Å². The van der Waals surface area contributed by atoms with Gasteiger partial charge in [-0.15, -0.1) is 0 Å². The molecule has 0 aromatic carbocycles. The normalized spacial score (nSPS) is 11.4. The van der Waals surface area contributed by atoms with Gasteiger partial charge in [0.05, 0.1) is 16.8 Å². The van der Waals surface area contributed by atoms with Crippen LogP contribution >= 0.6 is 0 Å². The van der Waals surface area contributed by atoms with Crippen molar-refractivity contribution < 1.29 is 0 Å². The summed E-state index contributed by atoms with van der Waals surface area (Å²) >= 11 is 0. The Hall–Kier alpha value is -4.66. The fraction of sp³-hybridized carbons (Fsp3) is 0. The molecule has 0 amide bonds. The second-order valence-electron chi connectivity index (χ2n) is 7.06. The fourth-order valence-electron chi connectivity index (χ4n) is 3.61. The van der Waals surface area contributed by atoms with Gasteiger partial charge in [-0.3, -0.25) is 15.1 Å². The maximum atomic E-state index is 5.89. The number of aromatic nitrogens is 8. The predicted octanol–water partition coefficient (Wildman–Crippen LogP) is 3.60. The monoisotopic (exact) mass is 405 g/mol. The van der Waals surface area contributed by atoms with E-state index in [0.717, 1.165) is 33.3 Å². The highest BCUT2D eigenvalue weighted by Crippen LogP contribution is 2.31. The maximum Gasteiger partial charge on any atom is 0.161 e. The molecule has 148 valence electrons. The van der Waals surface area contributed by atoms with Crippen molar-refractivity contribution in [3.8, 4) is 33.9 Å². The van der Waals surface area contributed by atoms with Crippen LogP contribution in [0.4, 0.5) is 5.69 Å². The highest BCUT2D eigenvalue weighted by Gasteiger charge is 2.17. The van der Waals surface area contributed by atoms with Gasteiger partial charge in [0.1, 0.15) is 11.2 Å². The van der Waals surface area contributed by atoms with Gasteiger partial charge < -0.3 is 10.7 Å². The lowest BCUT2D eigenvalue weighted by molar-refractivity contribution is 1.09. The molecule has 9 heteroatoms. The van der Waals surface area contributed by atoms with E-state index in [0.29, 0.717) is 28.5 Å². The summed E-state index contributed by atoms with van der Waals surface area (Å²) < 4.78 is 0. The van der Waals surface area contributed by atoms with Crippen LogP contribution < -0.4 is 5.73 Å². The van der Waals surface area contributed by atoms with Crippen LogP contribution in [0.25, 0.3) is 56.1 Å². The van der Waals surface area contributed by atoms with E-state index in [1.165, 1.54) is 0 Å². The van der Waals surface area contributed by atoms with Crippen molar-refractivity contribution in [3.05, 3.63) is 67.4 Å². The number of nitrogen functional groups attached to an aromatic ring is 1. The van der Waals surface area contributed by atoms with Crippen molar-refractivity contribution in [2.75, 3.05) is 5.73 Å². The molecule has 0 saturated heterocycles. The quantitative estimate of drug-likeness (QED) is 0.409. The molecule has 0 fully saturated rings. The molecule has 0 spiro atoms. The summed E-state index contributed by atoms with van der Waals surface area (Å²) in [7, 11) is 0. The molecule has 0 unspecified atom stereocenters. The van der Waals surface area contributed by atoms with E-state index in [9.17, 15) is 0 Å². The van der Waals surface area contributed by atoms with Crippen molar-refractivity contribution >= 4 is 27.9 Å². The molecule has 0 aliphatic heterocycles. The number of anilines is 1. The summed E-state index contributed by atoms with van der Waals surface area (Å²) in [6.07, 6.45) is 8.63. The number of pyridine rings is 4. The third kappa shape index (κ3) is 2.87. The van der Waals surface area contributed by atoms with Gasteiger partial charge >= 0.3 is 0 Å². The van der Waals surface area contributed by atoms with Gasteiger partial charge in [0.25, 0.3) is 0 Å². The van der Waals surface area contributed by atoms with Crippen molar-refractivity contribution in [2.24, 2.45) is 0 Å². The average Bonchev–Trinajstić information content (AvgIpc) is 3.43. The standard InChI is InChI=1S/C22H15N9/c23-14-7-12(9-24-11-14)13-8-16-19(30-31-20(16)27-10-13)22-28-18-15(4-6-26-21(18)29-22)17-3-1-2-5-25-17/h1-11H,23H2,(H,26,28,29)(H,27,30,31). The first-order chi connectivity index (χ1) is 15.3. The SMILES string of the molecule is Nc1cncc(-c2cnc3[nH]nc(-c4nc5c(-c6ccccn6)ccnc5[nH]4)c3c2)c1. The molecule has 0 aliphatic carbocycles. The van der Waals surface area contributed by atoms with E-state index in [1.54, 1.807) is 31.0 Å². The second kappa shape index (κ2) is 6.70. The summed E-state index contributed by atoms with van der Waals surface area (Å²) in [6, 6.07) is 11.5. The van der Waals surface area contributed by atoms with E-state index >= 15 is 0 Å². The van der Waals surface area contributed by atoms with Crippen LogP contribution in [0.1, 0.15) is 0 Å². The number of nitrogens with one attached hydrogen (secondary N) is 2. The molecule has 6 heterocycles. The van der Waals surface area contributed by atoms with Gasteiger partial charge in [-0.2, -0.15) is 5.10 Å². The molecule has 0 radical (unpaired) electrons. The molecule has 0 aliphatic rings. The third-order valence-corrected chi connectivity index (χ3v) is 5.06. The van der Waals surface area contributed by atoms with Crippen LogP contribution in [0.15, 0.2) is 67.4 Å². The molecule has 9 nitrogen and oxygen atoms in total. The van der Waals surface area contributed by atoms with Gasteiger partial charge in [-0.1, -0.05) is 6.07 Å². The highest BCUT2D eigenvalue weighted by atomic mass is 15.2. The Balaban J connectivity index is 1.51. The number of hydrogen-bond acceptors (Lipinski definition) is 7. The maximum absolute atomic E-state index is 5.89. The molecule has 31 heavy (non-hydrogen) atoms. The summed E-state index contributed by atoms with van der Waals surface area (Å²) in [5.41, 5.74) is 12.7. The summed E-state index contributed by atoms with van der Waals surface area (Å²) in [4.78, 5) is 25.6. The Kier molecular flexibility index (Phi) is 3.72. The van der Waals surface area contributed by atoms with Crippen LogP contribution in [-0.4, -0.2) is 40.1 Å². The molecule has 0 saturated carbocycles. The number of H-pyrrole nitrogens is 2. The Morgan fingerprint density at radius 2 is 1.77 bits per heavy atom. The minimum Gasteiger partial charge on any atom is -0.397 e. The zero-order chi connectivity index (χ0) is 20.8. The number of aromatic amines is 2. The molecule has 6 aromatic rings. The summed E-state index contributed by atoms with van der Waals surface area (Å²) in [5, 5.41) is 8.26. The molecular formula is C22H15N9. The molecule has 4 N–H and O–H groups in total. The van der Waals surface area contributed by atoms with Crippen molar-refractivity contribution in [1.82, 2.24) is 40.1 Å². The first-order valence-corrected chi connectivity index (χ1v) is 9.58. The van der Waals surface area contributed by atoms with Crippen LogP contribution in [0.3, 0.4) is 0 Å². The number of fused-ring (bicyclic) bond motifs is 2. The van der Waals surface area contributed by atoms with Crippen molar-refractivity contribution in [2.45, 2.75) is 0 Å². The highest BCUT2D eigenvalue weighted by molar-refractivity contribution is 5.95. The first kappa shape index (κ1) is 17.2. The minimum atomic E-state index is 0.593. The number of imidazole rings is 1. The number of nitrogens with zero attached hydrogens (tertiary/aromatic N) is 6. The Morgan fingerprint density at radius 1 is 0.839 bits per heavy atom. The van der Waals surface area contributed by atoms with Crippen LogP contribution in [0.2, 0.25) is 0 Å². The molecule has 6 aromatic heterocycles. The minimum absolute atomic E-state index is 0.593. The zero-order valence-corrected chi connectivity index (χ0v) is 16.1. The Morgan fingerprint density at radius 3 is 2.65 bits per heavy atom. The van der Waals surface area contributed by atoms with Gasteiger partial charge in [-0.05, 0) is 30.3 Å². The van der Waals surface area contributed by atoms with Crippen molar-refractivity contribution in [3.63, 3.8) is 0 Å². The van der Waals surface area contributed by atoms with Gasteiger partial charge in [0.15, 0.2) is 17.1 Å². The summed E-state index contributed by atoms with van der Waals surface area (Å²) in [6.45, 7) is 0. The van der Waals surface area contributed by atoms with Crippen LogP contribution in [0.5, 0.6) is 0 Å². The van der Waals surface area contributed by atoms with Gasteiger partial charge in [-0.25, -0.2) is 15.0 Å². The lowest BCUT2D eigenvalue weighted by Gasteiger charge is -2.02. The van der Waals surface area contributed by atoms with E-state index in [1.807, 2.05) is 36.4 Å². The smallest absolute Gasteiger partial charge is 0.161 e. The third-order valence-electron chi connectivity index (χ3n) is 5.06. The molecule has 6 rings (SSSR count). The number of nitrogens with two attached hydrogens (primary N) is 1. The molecule has 0 atom stereocenters. The molecule has 0 bridgehead atoms. The fourth-order valence-corrected chi connectivity index (χ4v) is 3.61. The van der Waals surface area contributed by atoms with E-state index < -0.39 is 0 Å². The number of hydrogen-bond donors (Lipinski definition) is 3. The van der Waals surface area contributed by atoms with Gasteiger partial charge in [0.2, 0.25) is 0 Å². The van der Waals surface area contributed by atoms with Crippen LogP contribution in [-0.2, 0) is 0 Å². The molecular weight excluding hydrogens is 390 g/mol. The lowest BCUT2D eigenvalue weighted by Crippen LogP contribution is -1.89. The Bertz CT molecular complexity index is 1550. The van der Waals surface area contributed by atoms with Crippen LogP contribution in [0, 0.1) is 0 Å². The predicted molar refractivity (Wildman–Crippen MR) is 118 cm³/mol. The zero-order valence-electron chi connectivity index (χ0n) is 16.1. The van der Waals surface area contributed by atoms with E-state index in [2.05, 4.69) is 35.1 Å². The largest absolute Gasteiger partial charge is 0.397 e. The average molecular weight is 405 g/mol. The second-order valence-corrected chi connectivity index (χ2v) is 7.06. The lowest BCUT2D eigenvalue weighted by atomic mass is 10.1. The van der Waals surface area contributed by atoms with Gasteiger partial charge in [0, 0.05) is 47.7 Å².